The summed E-state index contributed by atoms with van der Waals surface area (Å²) >= 11 is 7.82. The molecule has 0 unspecified atom stereocenters. The van der Waals surface area contributed by atoms with Gasteiger partial charge in [0.15, 0.2) is 0 Å². The molecule has 0 aromatic carbocycles. The van der Waals surface area contributed by atoms with Gasteiger partial charge >= 0.3 is 6.09 Å². The second kappa shape index (κ2) is 10.1. The van der Waals surface area contributed by atoms with Crippen molar-refractivity contribution in [1.82, 2.24) is 24.9 Å². The first-order valence-electron chi connectivity index (χ1n) is 10.7. The van der Waals surface area contributed by atoms with Gasteiger partial charge in [-0.3, -0.25) is 0 Å². The van der Waals surface area contributed by atoms with Gasteiger partial charge in [0.25, 0.3) is 0 Å². The third-order valence-electron chi connectivity index (χ3n) is 4.58. The van der Waals surface area contributed by atoms with Gasteiger partial charge in [-0.25, -0.2) is 9.48 Å². The molecule has 0 N–H and O–H groups in total. The number of aromatic nitrogens is 4. The van der Waals surface area contributed by atoms with Gasteiger partial charge in [-0.05, 0) is 59.3 Å². The second-order valence-corrected chi connectivity index (χ2v) is 10.4. The Morgan fingerprint density at radius 1 is 1.33 bits per heavy atom. The maximum absolute atomic E-state index is 12.4. The lowest BCUT2D eigenvalue weighted by atomic mass is 10.1. The van der Waals surface area contributed by atoms with E-state index in [0.717, 1.165) is 21.8 Å². The third kappa shape index (κ3) is 6.45. The molecule has 0 fully saturated rings. The number of halogens is 1. The Hall–Kier alpha value is -2.65. The molecular weight excluding hydrogens is 462 g/mol. The molecule has 0 spiro atoms. The fourth-order valence-electron chi connectivity index (χ4n) is 3.14. The van der Waals surface area contributed by atoms with Crippen molar-refractivity contribution in [2.24, 2.45) is 0 Å². The van der Waals surface area contributed by atoms with Crippen LogP contribution in [0.25, 0.3) is 10.7 Å². The van der Waals surface area contributed by atoms with Gasteiger partial charge in [-0.2, -0.15) is 5.10 Å². The Kier molecular flexibility index (Phi) is 7.64. The topological polar surface area (TPSA) is 82.4 Å². The number of carbonyl (C=O) groups excluding carboxylic acids is 1. The molecule has 8 nitrogen and oxygen atoms in total. The third-order valence-corrected chi connectivity index (χ3v) is 5.93. The predicted molar refractivity (Wildman–Crippen MR) is 130 cm³/mol. The van der Waals surface area contributed by atoms with Crippen LogP contribution in [0.3, 0.4) is 0 Å². The molecular formula is C23H30ClN5O3S. The highest BCUT2D eigenvalue weighted by atomic mass is 35.5. The van der Waals surface area contributed by atoms with Crippen molar-refractivity contribution in [2.45, 2.75) is 66.2 Å². The molecule has 1 aliphatic rings. The van der Waals surface area contributed by atoms with Gasteiger partial charge in [0, 0.05) is 24.7 Å². The Morgan fingerprint density at radius 3 is 2.70 bits per heavy atom. The number of hydrogen-bond donors (Lipinski definition) is 0. The van der Waals surface area contributed by atoms with Crippen molar-refractivity contribution in [2.75, 3.05) is 6.54 Å². The van der Waals surface area contributed by atoms with Crippen LogP contribution in [-0.4, -0.2) is 49.2 Å². The van der Waals surface area contributed by atoms with Crippen LogP contribution in [0, 0.1) is 0 Å². The standard InChI is InChI=1S/C23H30ClN5O3S/c1-8-19(31-14(2)3)17(24)11-15(4)20-25-26-21(33-20)29-13-16-12-28(10-9-18(16)27-29)22(30)32-23(5,6)7/h8,11,13-14H,1,9-10,12H2,2-7H3/b15-11+,19-17-. The summed E-state index contributed by atoms with van der Waals surface area (Å²) in [6, 6.07) is 0. The zero-order chi connectivity index (χ0) is 24.3. The van der Waals surface area contributed by atoms with Crippen LogP contribution in [0.2, 0.25) is 0 Å². The molecule has 178 valence electrons. The van der Waals surface area contributed by atoms with Crippen molar-refractivity contribution >= 4 is 34.6 Å². The molecule has 3 rings (SSSR count). The van der Waals surface area contributed by atoms with Crippen molar-refractivity contribution in [3.8, 4) is 5.13 Å². The largest absolute Gasteiger partial charge is 0.489 e. The molecule has 0 atom stereocenters. The van der Waals surface area contributed by atoms with E-state index in [-0.39, 0.29) is 12.2 Å². The van der Waals surface area contributed by atoms with Crippen LogP contribution >= 0.6 is 22.9 Å². The fraction of sp³-hybridized carbons (Fsp3) is 0.478. The van der Waals surface area contributed by atoms with Crippen LogP contribution in [0.4, 0.5) is 4.79 Å². The summed E-state index contributed by atoms with van der Waals surface area (Å²) in [6.07, 6.45) is 5.61. The number of allylic oxidation sites excluding steroid dienone is 4. The molecule has 0 aliphatic carbocycles. The Balaban J connectivity index is 1.76. The lowest BCUT2D eigenvalue weighted by Crippen LogP contribution is -2.39. The number of hydrogen-bond acceptors (Lipinski definition) is 7. The van der Waals surface area contributed by atoms with E-state index in [9.17, 15) is 4.79 Å². The summed E-state index contributed by atoms with van der Waals surface area (Å²) in [5.74, 6) is 0.519. The zero-order valence-corrected chi connectivity index (χ0v) is 21.5. The number of amides is 1. The van der Waals surface area contributed by atoms with Crippen LogP contribution in [0.5, 0.6) is 0 Å². The minimum atomic E-state index is -0.526. The molecule has 0 radical (unpaired) electrons. The molecule has 0 bridgehead atoms. The normalized spacial score (nSPS) is 15.3. The smallest absolute Gasteiger partial charge is 0.410 e. The fourth-order valence-corrected chi connectivity index (χ4v) is 4.17. The molecule has 2 aromatic rings. The van der Waals surface area contributed by atoms with Gasteiger partial charge < -0.3 is 14.4 Å². The highest BCUT2D eigenvalue weighted by Gasteiger charge is 2.27. The van der Waals surface area contributed by atoms with Crippen molar-refractivity contribution in [1.29, 1.82) is 0 Å². The number of nitrogens with zero attached hydrogens (tertiary/aromatic N) is 5. The van der Waals surface area contributed by atoms with Crippen LogP contribution in [0.15, 0.2) is 35.7 Å². The predicted octanol–water partition coefficient (Wildman–Crippen LogP) is 5.48. The molecule has 0 saturated carbocycles. The number of fused-ring (bicyclic) bond motifs is 1. The quantitative estimate of drug-likeness (QED) is 0.393. The van der Waals surface area contributed by atoms with E-state index in [1.807, 2.05) is 47.7 Å². The summed E-state index contributed by atoms with van der Waals surface area (Å²) < 4.78 is 12.9. The number of carbonyl (C=O) groups is 1. The summed E-state index contributed by atoms with van der Waals surface area (Å²) in [4.78, 5) is 14.1. The summed E-state index contributed by atoms with van der Waals surface area (Å²) in [7, 11) is 0. The van der Waals surface area contributed by atoms with Crippen molar-refractivity contribution < 1.29 is 14.3 Å². The van der Waals surface area contributed by atoms with Crippen LogP contribution < -0.4 is 0 Å². The average Bonchev–Trinajstić information content (AvgIpc) is 3.36. The maximum Gasteiger partial charge on any atom is 0.410 e. The molecule has 33 heavy (non-hydrogen) atoms. The van der Waals surface area contributed by atoms with Crippen molar-refractivity contribution in [3.63, 3.8) is 0 Å². The summed E-state index contributed by atoms with van der Waals surface area (Å²) in [5, 5.41) is 15.0. The monoisotopic (exact) mass is 491 g/mol. The second-order valence-electron chi connectivity index (χ2n) is 9.00. The first-order chi connectivity index (χ1) is 15.5. The van der Waals surface area contributed by atoms with E-state index in [1.165, 1.54) is 11.3 Å². The molecule has 2 aromatic heterocycles. The zero-order valence-electron chi connectivity index (χ0n) is 19.9. The van der Waals surface area contributed by atoms with E-state index >= 15 is 0 Å². The van der Waals surface area contributed by atoms with Crippen molar-refractivity contribution in [3.05, 3.63) is 52.0 Å². The van der Waals surface area contributed by atoms with E-state index in [2.05, 4.69) is 21.9 Å². The van der Waals surface area contributed by atoms with E-state index in [0.29, 0.717) is 35.4 Å². The first kappa shape index (κ1) is 25.0. The van der Waals surface area contributed by atoms with Gasteiger partial charge in [0.05, 0.1) is 23.4 Å². The average molecular weight is 492 g/mol. The highest BCUT2D eigenvalue weighted by Crippen LogP contribution is 2.27. The first-order valence-corrected chi connectivity index (χ1v) is 11.9. The highest BCUT2D eigenvalue weighted by molar-refractivity contribution is 7.14. The Labute approximate surface area is 203 Å². The van der Waals surface area contributed by atoms with Gasteiger partial charge in [-0.15, -0.1) is 10.2 Å². The lowest BCUT2D eigenvalue weighted by Gasteiger charge is -2.29. The SMILES string of the molecule is C=C/C(OC(C)C)=C(Cl)\C=C(/C)c1nnc(-n2cc3c(n2)CCN(C(=O)OC(C)(C)C)C3)s1. The Bertz CT molecular complexity index is 1090. The van der Waals surface area contributed by atoms with Gasteiger partial charge in [0.2, 0.25) is 5.13 Å². The molecule has 10 heteroatoms. The molecule has 1 amide bonds. The van der Waals surface area contributed by atoms with Gasteiger partial charge in [-0.1, -0.05) is 29.5 Å². The van der Waals surface area contributed by atoms with E-state index in [4.69, 9.17) is 21.1 Å². The molecule has 1 aliphatic heterocycles. The number of ether oxygens (including phenoxy) is 2. The van der Waals surface area contributed by atoms with E-state index < -0.39 is 5.60 Å². The maximum atomic E-state index is 12.4. The summed E-state index contributed by atoms with van der Waals surface area (Å²) in [6.45, 7) is 16.1. The van der Waals surface area contributed by atoms with Crippen LogP contribution in [-0.2, 0) is 22.4 Å². The number of rotatable bonds is 6. The van der Waals surface area contributed by atoms with E-state index in [1.54, 1.807) is 21.7 Å². The minimum Gasteiger partial charge on any atom is -0.489 e. The Morgan fingerprint density at radius 2 is 2.06 bits per heavy atom. The van der Waals surface area contributed by atoms with Crippen LogP contribution in [0.1, 0.15) is 57.8 Å². The minimum absolute atomic E-state index is 0.00863. The molecule has 3 heterocycles. The van der Waals surface area contributed by atoms with Gasteiger partial charge in [0.1, 0.15) is 16.4 Å². The molecule has 0 saturated heterocycles. The summed E-state index contributed by atoms with van der Waals surface area (Å²) in [5.41, 5.74) is 2.25. The lowest BCUT2D eigenvalue weighted by molar-refractivity contribution is 0.0223.